The number of aromatic nitrogens is 1. The topological polar surface area (TPSA) is 83.7 Å². The fourth-order valence-corrected chi connectivity index (χ4v) is 3.70. The number of hydrogen-bond donors (Lipinski definition) is 3. The number of nitrogens with one attached hydrogen (secondary N) is 1. The van der Waals surface area contributed by atoms with Crippen molar-refractivity contribution in [2.24, 2.45) is 0 Å². The molecule has 30 heavy (non-hydrogen) atoms. The van der Waals surface area contributed by atoms with Gasteiger partial charge in [-0.2, -0.15) is 0 Å². The molecule has 2 aromatic carbocycles. The molecular formula is C21H19F2IN2O4. The van der Waals surface area contributed by atoms with Gasteiger partial charge in [-0.25, -0.2) is 8.78 Å². The highest BCUT2D eigenvalue weighted by Gasteiger charge is 2.27. The fourth-order valence-electron chi connectivity index (χ4n) is 3.24. The van der Waals surface area contributed by atoms with Crippen LogP contribution in [-0.2, 0) is 0 Å². The van der Waals surface area contributed by atoms with Crippen molar-refractivity contribution in [2.45, 2.75) is 25.0 Å². The number of aliphatic hydroxyl groups is 2. The highest BCUT2D eigenvalue weighted by molar-refractivity contribution is 14.1. The predicted molar refractivity (Wildman–Crippen MR) is 117 cm³/mol. The summed E-state index contributed by atoms with van der Waals surface area (Å²) >= 11 is 1.98. The molecule has 158 valence electrons. The Kier molecular flexibility index (Phi) is 5.94. The minimum atomic E-state index is -1.14. The van der Waals surface area contributed by atoms with E-state index in [-0.39, 0.29) is 35.2 Å². The molecule has 0 saturated heterocycles. The monoisotopic (exact) mass is 528 g/mol. The molecule has 6 nitrogen and oxygen atoms in total. The van der Waals surface area contributed by atoms with Gasteiger partial charge in [0.1, 0.15) is 24.3 Å². The van der Waals surface area contributed by atoms with Crippen LogP contribution in [0.2, 0.25) is 0 Å². The van der Waals surface area contributed by atoms with Crippen LogP contribution in [-0.4, -0.2) is 34.1 Å². The molecule has 1 atom stereocenters. The Labute approximate surface area is 184 Å². The lowest BCUT2D eigenvalue weighted by Gasteiger charge is -2.17. The number of halogens is 3. The van der Waals surface area contributed by atoms with Crippen LogP contribution in [0.15, 0.2) is 41.3 Å². The maximum absolute atomic E-state index is 14.4. The molecule has 1 saturated carbocycles. The van der Waals surface area contributed by atoms with E-state index in [4.69, 9.17) is 9.84 Å². The van der Waals surface area contributed by atoms with Crippen molar-refractivity contribution in [3.8, 4) is 5.75 Å². The predicted octanol–water partition coefficient (Wildman–Crippen LogP) is 3.69. The Morgan fingerprint density at radius 3 is 2.67 bits per heavy atom. The molecule has 4 rings (SSSR count). The number of benzene rings is 2. The zero-order valence-corrected chi connectivity index (χ0v) is 17.9. The third-order valence-corrected chi connectivity index (χ3v) is 5.52. The van der Waals surface area contributed by atoms with Gasteiger partial charge in [0.05, 0.1) is 35.1 Å². The lowest BCUT2D eigenvalue weighted by molar-refractivity contribution is 0.0531. The number of ether oxygens (including phenoxy) is 1. The number of fused-ring (bicyclic) bond motifs is 1. The number of anilines is 2. The van der Waals surface area contributed by atoms with Crippen LogP contribution in [0.25, 0.3) is 10.9 Å². The van der Waals surface area contributed by atoms with Crippen LogP contribution in [0.1, 0.15) is 18.9 Å². The van der Waals surface area contributed by atoms with E-state index in [0.717, 1.165) is 18.9 Å². The molecule has 0 bridgehead atoms. The van der Waals surface area contributed by atoms with Gasteiger partial charge in [-0.1, -0.05) is 0 Å². The minimum absolute atomic E-state index is 0.0281. The maximum atomic E-state index is 14.4. The Morgan fingerprint density at radius 1 is 1.23 bits per heavy atom. The van der Waals surface area contributed by atoms with Crippen LogP contribution < -0.4 is 15.5 Å². The van der Waals surface area contributed by atoms with E-state index >= 15 is 0 Å². The molecule has 3 aromatic rings. The normalized spacial score (nSPS) is 14.7. The summed E-state index contributed by atoms with van der Waals surface area (Å²) in [6.07, 6.45) is 2.12. The lowest BCUT2D eigenvalue weighted by Crippen LogP contribution is -2.24. The summed E-state index contributed by atoms with van der Waals surface area (Å²) in [5, 5.41) is 21.6. The summed E-state index contributed by atoms with van der Waals surface area (Å²) in [4.78, 5) is 13.1. The first-order valence-electron chi connectivity index (χ1n) is 9.39. The SMILES string of the molecule is O=c1c(OC[C@H](O)CO)cn(C2CC2)c2cc(F)cc(Nc3ccc(I)cc3F)c12. The summed E-state index contributed by atoms with van der Waals surface area (Å²) in [5.41, 5.74) is 0.103. The van der Waals surface area contributed by atoms with Crippen molar-refractivity contribution < 1.29 is 23.7 Å². The average molecular weight is 528 g/mol. The summed E-state index contributed by atoms with van der Waals surface area (Å²) in [5.74, 6) is -1.12. The van der Waals surface area contributed by atoms with Crippen LogP contribution in [0, 0.1) is 15.2 Å². The van der Waals surface area contributed by atoms with Gasteiger partial charge in [0, 0.05) is 9.61 Å². The summed E-state index contributed by atoms with van der Waals surface area (Å²) in [6, 6.07) is 7.06. The van der Waals surface area contributed by atoms with Crippen LogP contribution in [0.5, 0.6) is 5.75 Å². The van der Waals surface area contributed by atoms with Crippen LogP contribution in [0.3, 0.4) is 0 Å². The van der Waals surface area contributed by atoms with Crippen molar-refractivity contribution in [1.29, 1.82) is 0 Å². The third kappa shape index (κ3) is 4.28. The molecule has 1 aromatic heterocycles. The largest absolute Gasteiger partial charge is 0.485 e. The molecule has 0 amide bonds. The molecule has 1 fully saturated rings. The number of nitrogens with zero attached hydrogens (tertiary/aromatic N) is 1. The minimum Gasteiger partial charge on any atom is -0.485 e. The first kappa shape index (κ1) is 21.0. The number of aliphatic hydroxyl groups excluding tert-OH is 2. The molecule has 1 aliphatic rings. The lowest BCUT2D eigenvalue weighted by atomic mass is 10.1. The van der Waals surface area contributed by atoms with Crippen LogP contribution >= 0.6 is 22.6 Å². The van der Waals surface area contributed by atoms with Gasteiger partial charge in [-0.05, 0) is 65.8 Å². The van der Waals surface area contributed by atoms with E-state index in [9.17, 15) is 18.7 Å². The summed E-state index contributed by atoms with van der Waals surface area (Å²) in [7, 11) is 0. The number of hydrogen-bond acceptors (Lipinski definition) is 5. The van der Waals surface area contributed by atoms with Gasteiger partial charge < -0.3 is 24.8 Å². The van der Waals surface area contributed by atoms with Gasteiger partial charge in [0.2, 0.25) is 5.43 Å². The summed E-state index contributed by atoms with van der Waals surface area (Å²) in [6.45, 7) is -0.772. The Hall–Kier alpha value is -2.24. The Bertz CT molecular complexity index is 1160. The molecule has 0 aliphatic heterocycles. The first-order valence-corrected chi connectivity index (χ1v) is 10.5. The van der Waals surface area contributed by atoms with Crippen molar-refractivity contribution in [3.63, 3.8) is 0 Å². The van der Waals surface area contributed by atoms with Crippen molar-refractivity contribution >= 4 is 44.9 Å². The van der Waals surface area contributed by atoms with Gasteiger partial charge in [0.15, 0.2) is 5.75 Å². The van der Waals surface area contributed by atoms with Crippen molar-refractivity contribution in [3.05, 3.63) is 62.0 Å². The summed E-state index contributed by atoms with van der Waals surface area (Å²) < 4.78 is 36.7. The van der Waals surface area contributed by atoms with Gasteiger partial charge >= 0.3 is 0 Å². The van der Waals surface area contributed by atoms with E-state index < -0.39 is 29.8 Å². The van der Waals surface area contributed by atoms with Gasteiger partial charge in [0.25, 0.3) is 0 Å². The molecular weight excluding hydrogens is 509 g/mol. The van der Waals surface area contributed by atoms with E-state index in [1.807, 2.05) is 22.6 Å². The average Bonchev–Trinajstić information content (AvgIpc) is 3.54. The highest BCUT2D eigenvalue weighted by atomic mass is 127. The second-order valence-electron chi connectivity index (χ2n) is 7.20. The smallest absolute Gasteiger partial charge is 0.233 e. The van der Waals surface area contributed by atoms with Crippen LogP contribution in [0.4, 0.5) is 20.2 Å². The van der Waals surface area contributed by atoms with E-state index in [1.165, 1.54) is 24.4 Å². The van der Waals surface area contributed by atoms with E-state index in [0.29, 0.717) is 9.09 Å². The first-order chi connectivity index (χ1) is 14.4. The maximum Gasteiger partial charge on any atom is 0.233 e. The zero-order chi connectivity index (χ0) is 21.4. The molecule has 0 unspecified atom stereocenters. The van der Waals surface area contributed by atoms with Gasteiger partial charge in [-0.15, -0.1) is 0 Å². The Morgan fingerprint density at radius 2 is 2.00 bits per heavy atom. The fraction of sp³-hybridized carbons (Fsp3) is 0.286. The molecule has 9 heteroatoms. The molecule has 1 aliphatic carbocycles. The number of pyridine rings is 1. The Balaban J connectivity index is 1.87. The van der Waals surface area contributed by atoms with E-state index in [2.05, 4.69) is 5.32 Å². The van der Waals surface area contributed by atoms with Crippen molar-refractivity contribution in [2.75, 3.05) is 18.5 Å². The van der Waals surface area contributed by atoms with E-state index in [1.54, 1.807) is 10.6 Å². The molecule has 0 spiro atoms. The standard InChI is InChI=1S/C21H19F2IN2O4/c22-11-5-17(25-16-4-1-12(24)7-15(16)23)20-18(6-11)26(13-2-3-13)8-19(21(20)29)30-10-14(28)9-27/h1,4-8,13-14,25,27-28H,2-3,9-10H2/t14-/m1/s1. The molecule has 1 heterocycles. The van der Waals surface area contributed by atoms with Crippen molar-refractivity contribution in [1.82, 2.24) is 4.57 Å². The second kappa shape index (κ2) is 8.48. The zero-order valence-electron chi connectivity index (χ0n) is 15.7. The second-order valence-corrected chi connectivity index (χ2v) is 8.45. The third-order valence-electron chi connectivity index (χ3n) is 4.85. The highest BCUT2D eigenvalue weighted by Crippen LogP contribution is 2.39. The quantitative estimate of drug-likeness (QED) is 0.408. The number of rotatable bonds is 7. The van der Waals surface area contributed by atoms with Gasteiger partial charge in [-0.3, -0.25) is 4.79 Å². The molecule has 3 N–H and O–H groups in total. The molecule has 0 radical (unpaired) electrons.